The van der Waals surface area contributed by atoms with Crippen molar-refractivity contribution in [2.75, 3.05) is 0 Å². The second-order valence-electron chi connectivity index (χ2n) is 14.4. The highest BCUT2D eigenvalue weighted by molar-refractivity contribution is 7.26. The molecule has 9 aromatic carbocycles. The van der Waals surface area contributed by atoms with Crippen molar-refractivity contribution in [3.8, 4) is 67.5 Å². The Morgan fingerprint density at radius 3 is 1.61 bits per heavy atom. The molecule has 0 saturated carbocycles. The van der Waals surface area contributed by atoms with Gasteiger partial charge >= 0.3 is 0 Å². The lowest BCUT2D eigenvalue weighted by molar-refractivity contribution is 1.08. The van der Waals surface area contributed by atoms with Gasteiger partial charge in [-0.1, -0.05) is 182 Å². The van der Waals surface area contributed by atoms with Gasteiger partial charge in [0.05, 0.1) is 0 Å². The maximum Gasteiger partial charge on any atom is 0.165 e. The molecule has 266 valence electrons. The predicted molar refractivity (Wildman–Crippen MR) is 240 cm³/mol. The molecule has 2 aromatic heterocycles. The van der Waals surface area contributed by atoms with E-state index in [9.17, 15) is 0 Å². The minimum atomic E-state index is 0.636. The predicted octanol–water partition coefficient (Wildman–Crippen LogP) is 14.5. The Balaban J connectivity index is 1.10. The summed E-state index contributed by atoms with van der Waals surface area (Å²) in [6.45, 7) is 0. The van der Waals surface area contributed by atoms with Crippen molar-refractivity contribution < 1.29 is 0 Å². The molecular weight excluding hydrogens is 711 g/mol. The summed E-state index contributed by atoms with van der Waals surface area (Å²) in [6, 6.07) is 71.1. The van der Waals surface area contributed by atoms with E-state index in [4.69, 9.17) is 15.0 Å². The zero-order valence-electron chi connectivity index (χ0n) is 30.8. The van der Waals surface area contributed by atoms with E-state index in [0.717, 1.165) is 49.7 Å². The van der Waals surface area contributed by atoms with Crippen molar-refractivity contribution in [2.45, 2.75) is 0 Å². The summed E-state index contributed by atoms with van der Waals surface area (Å²) in [5.74, 6) is 1.94. The third kappa shape index (κ3) is 5.95. The Hall–Kier alpha value is -7.27. The van der Waals surface area contributed by atoms with Crippen molar-refractivity contribution >= 4 is 53.1 Å². The van der Waals surface area contributed by atoms with Crippen LogP contribution in [-0.2, 0) is 0 Å². The lowest BCUT2D eigenvalue weighted by Gasteiger charge is -2.15. The highest BCUT2D eigenvalue weighted by Gasteiger charge is 2.20. The molecule has 0 radical (unpaired) electrons. The molecule has 11 aromatic rings. The zero-order chi connectivity index (χ0) is 37.7. The van der Waals surface area contributed by atoms with Gasteiger partial charge in [0.15, 0.2) is 17.5 Å². The topological polar surface area (TPSA) is 38.7 Å². The van der Waals surface area contributed by atoms with Gasteiger partial charge in [0.2, 0.25) is 0 Å². The maximum absolute atomic E-state index is 5.40. The van der Waals surface area contributed by atoms with Gasteiger partial charge in [-0.2, -0.15) is 0 Å². The SMILES string of the molecule is c1ccc(-c2ccc(-c3ccc(-c4nc(-c5c(-c6ccc7ccccc7c6)ccc6ccccc56)nc(-c5cccc6c5sc5ccccc56)n4)cc3)cc2)cc1. The van der Waals surface area contributed by atoms with Gasteiger partial charge < -0.3 is 0 Å². The second kappa shape index (κ2) is 13.8. The number of hydrogen-bond acceptors (Lipinski definition) is 4. The van der Waals surface area contributed by atoms with Crippen LogP contribution in [0, 0.1) is 0 Å². The molecule has 0 atom stereocenters. The molecule has 0 aliphatic carbocycles. The van der Waals surface area contributed by atoms with Gasteiger partial charge in [-0.05, 0) is 73.1 Å². The molecule has 0 unspecified atom stereocenters. The zero-order valence-corrected chi connectivity index (χ0v) is 31.6. The van der Waals surface area contributed by atoms with E-state index in [0.29, 0.717) is 17.5 Å². The fraction of sp³-hybridized carbons (Fsp3) is 0. The molecule has 3 nitrogen and oxygen atoms in total. The highest BCUT2D eigenvalue weighted by Crippen LogP contribution is 2.42. The Morgan fingerprint density at radius 1 is 0.298 bits per heavy atom. The van der Waals surface area contributed by atoms with Gasteiger partial charge in [0.1, 0.15) is 0 Å². The molecule has 57 heavy (non-hydrogen) atoms. The molecule has 0 spiro atoms. The van der Waals surface area contributed by atoms with Crippen LogP contribution in [-0.4, -0.2) is 15.0 Å². The van der Waals surface area contributed by atoms with Crippen LogP contribution >= 0.6 is 11.3 Å². The van der Waals surface area contributed by atoms with Crippen molar-refractivity contribution in [1.82, 2.24) is 15.0 Å². The smallest absolute Gasteiger partial charge is 0.165 e. The van der Waals surface area contributed by atoms with Crippen LogP contribution in [0.4, 0.5) is 0 Å². The Bertz CT molecular complexity index is 3280. The van der Waals surface area contributed by atoms with Gasteiger partial charge in [-0.25, -0.2) is 15.0 Å². The lowest BCUT2D eigenvalue weighted by atomic mass is 9.92. The molecule has 0 N–H and O–H groups in total. The maximum atomic E-state index is 5.40. The molecule has 0 amide bonds. The lowest BCUT2D eigenvalue weighted by Crippen LogP contribution is -2.02. The van der Waals surface area contributed by atoms with Crippen LogP contribution in [0.5, 0.6) is 0 Å². The normalized spacial score (nSPS) is 11.5. The first-order valence-electron chi connectivity index (χ1n) is 19.2. The standard InChI is InChI=1S/C53H33N3S/c1-2-11-34(12-3-1)36-21-23-37(24-22-36)38-25-28-40(29-26-38)51-54-52(47-19-10-18-46-45-17-8-9-20-48(45)57-50(46)47)56-53(55-51)49-43-16-7-6-14-39(43)31-32-44(49)42-30-27-35-13-4-5-15-41(35)33-42/h1-33H. The van der Waals surface area contributed by atoms with Gasteiger partial charge in [0, 0.05) is 36.9 Å². The van der Waals surface area contributed by atoms with Crippen LogP contribution in [0.25, 0.3) is 109 Å². The van der Waals surface area contributed by atoms with Crippen LogP contribution in [0.2, 0.25) is 0 Å². The van der Waals surface area contributed by atoms with Crippen LogP contribution < -0.4 is 0 Å². The number of hydrogen-bond donors (Lipinski definition) is 0. The van der Waals surface area contributed by atoms with E-state index in [1.165, 1.54) is 42.1 Å². The number of benzene rings is 9. The summed E-state index contributed by atoms with van der Waals surface area (Å²) in [6.07, 6.45) is 0. The minimum absolute atomic E-state index is 0.636. The first-order chi connectivity index (χ1) is 28.2. The number of nitrogens with zero attached hydrogens (tertiary/aromatic N) is 3. The fourth-order valence-electron chi connectivity index (χ4n) is 8.07. The molecule has 11 rings (SSSR count). The Kier molecular flexibility index (Phi) is 8.01. The molecule has 2 heterocycles. The number of fused-ring (bicyclic) bond motifs is 5. The average molecular weight is 744 g/mol. The van der Waals surface area contributed by atoms with E-state index in [1.54, 1.807) is 11.3 Å². The molecule has 0 aliphatic rings. The number of rotatable bonds is 6. The minimum Gasteiger partial charge on any atom is -0.208 e. The molecule has 0 saturated heterocycles. The summed E-state index contributed by atoms with van der Waals surface area (Å²) >= 11 is 1.79. The summed E-state index contributed by atoms with van der Waals surface area (Å²) in [5.41, 5.74) is 9.83. The Labute approximate surface area is 334 Å². The monoisotopic (exact) mass is 743 g/mol. The third-order valence-corrected chi connectivity index (χ3v) is 12.2. The fourth-order valence-corrected chi connectivity index (χ4v) is 9.28. The molecule has 0 fully saturated rings. The van der Waals surface area contributed by atoms with Gasteiger partial charge in [-0.3, -0.25) is 0 Å². The summed E-state index contributed by atoms with van der Waals surface area (Å²) in [7, 11) is 0. The first kappa shape index (κ1) is 33.1. The largest absolute Gasteiger partial charge is 0.208 e. The van der Waals surface area contributed by atoms with E-state index in [2.05, 4.69) is 194 Å². The summed E-state index contributed by atoms with van der Waals surface area (Å²) < 4.78 is 2.42. The third-order valence-electron chi connectivity index (χ3n) is 11.0. The van der Waals surface area contributed by atoms with Crippen molar-refractivity contribution in [2.24, 2.45) is 0 Å². The average Bonchev–Trinajstić information content (AvgIpc) is 3.68. The highest BCUT2D eigenvalue weighted by atomic mass is 32.1. The quantitative estimate of drug-likeness (QED) is 0.170. The van der Waals surface area contributed by atoms with E-state index in [-0.39, 0.29) is 0 Å². The summed E-state index contributed by atoms with van der Waals surface area (Å²) in [4.78, 5) is 16.0. The van der Waals surface area contributed by atoms with Gasteiger partial charge in [-0.15, -0.1) is 11.3 Å². The number of thiophene rings is 1. The van der Waals surface area contributed by atoms with E-state index < -0.39 is 0 Å². The van der Waals surface area contributed by atoms with E-state index in [1.807, 2.05) is 6.07 Å². The number of aromatic nitrogens is 3. The second-order valence-corrected chi connectivity index (χ2v) is 15.4. The van der Waals surface area contributed by atoms with Crippen LogP contribution in [0.3, 0.4) is 0 Å². The molecule has 0 aliphatic heterocycles. The molecule has 4 heteroatoms. The van der Waals surface area contributed by atoms with E-state index >= 15 is 0 Å². The van der Waals surface area contributed by atoms with Crippen molar-refractivity contribution in [3.05, 3.63) is 200 Å². The van der Waals surface area contributed by atoms with Crippen LogP contribution in [0.15, 0.2) is 200 Å². The first-order valence-corrected chi connectivity index (χ1v) is 20.0. The van der Waals surface area contributed by atoms with Crippen molar-refractivity contribution in [3.63, 3.8) is 0 Å². The molecular formula is C53H33N3S. The summed E-state index contributed by atoms with van der Waals surface area (Å²) in [5, 5.41) is 7.09. The Morgan fingerprint density at radius 2 is 0.842 bits per heavy atom. The van der Waals surface area contributed by atoms with Crippen LogP contribution in [0.1, 0.15) is 0 Å². The molecule has 0 bridgehead atoms. The van der Waals surface area contributed by atoms with Gasteiger partial charge in [0.25, 0.3) is 0 Å². The van der Waals surface area contributed by atoms with Crippen molar-refractivity contribution in [1.29, 1.82) is 0 Å².